The van der Waals surface area contributed by atoms with E-state index in [-0.39, 0.29) is 11.4 Å². The van der Waals surface area contributed by atoms with Crippen molar-refractivity contribution in [3.05, 3.63) is 70.4 Å². The van der Waals surface area contributed by atoms with E-state index in [1.807, 2.05) is 55.6 Å². The third kappa shape index (κ3) is 4.63. The minimum absolute atomic E-state index is 0.0527. The average Bonchev–Trinajstić information content (AvgIpc) is 3.40. The van der Waals surface area contributed by atoms with Crippen molar-refractivity contribution < 1.29 is 9.53 Å². The van der Waals surface area contributed by atoms with Crippen molar-refractivity contribution in [3.63, 3.8) is 0 Å². The number of aliphatic imine (C=N–C) groups is 1. The molecule has 9 heteroatoms. The van der Waals surface area contributed by atoms with E-state index in [0.29, 0.717) is 23.3 Å². The van der Waals surface area contributed by atoms with Gasteiger partial charge in [0.15, 0.2) is 5.84 Å². The van der Waals surface area contributed by atoms with E-state index in [9.17, 15) is 4.79 Å². The van der Waals surface area contributed by atoms with E-state index < -0.39 is 5.91 Å². The van der Waals surface area contributed by atoms with Crippen molar-refractivity contribution in [2.24, 2.45) is 10.1 Å². The van der Waals surface area contributed by atoms with Gasteiger partial charge in [0.1, 0.15) is 17.4 Å². The standard InChI is InChI=1S/C26H24ClN5O2S/c1-3-6-23-30-32-24(28)20(25(33)29-26(32)35-23)14-17-15-31(22-8-5-4-7-19(17)22)11-12-34-18-9-10-21(27)16(2)13-18/h4-5,7-10,13-15,28H,3,6,11-12H2,1-2H3. The van der Waals surface area contributed by atoms with E-state index in [0.717, 1.165) is 45.7 Å². The van der Waals surface area contributed by atoms with Crippen LogP contribution in [0, 0.1) is 12.3 Å². The molecule has 7 nitrogen and oxygen atoms in total. The molecule has 2 aromatic carbocycles. The number of aryl methyl sites for hydroxylation is 1. The SMILES string of the molecule is CCCC1=NN2C(=N)C(=Cc3cn(CCOc4ccc(Cl)c(C)c4)c4ccccc34)C(=O)N=C2S1. The number of halogens is 1. The Labute approximate surface area is 212 Å². The number of carbonyl (C=O) groups is 1. The topological polar surface area (TPSA) is 83.0 Å². The van der Waals surface area contributed by atoms with Crippen LogP contribution in [0.5, 0.6) is 5.75 Å². The molecule has 5 rings (SSSR count). The number of fused-ring (bicyclic) bond motifs is 2. The molecule has 0 saturated heterocycles. The number of carbonyl (C=O) groups excluding carboxylic acids is 1. The van der Waals surface area contributed by atoms with Crippen molar-refractivity contribution in [2.45, 2.75) is 33.2 Å². The highest BCUT2D eigenvalue weighted by Crippen LogP contribution is 2.31. The number of rotatable bonds is 7. The normalized spacial score (nSPS) is 16.7. The van der Waals surface area contributed by atoms with Gasteiger partial charge in [0.05, 0.1) is 12.1 Å². The molecular weight excluding hydrogens is 482 g/mol. The van der Waals surface area contributed by atoms with Gasteiger partial charge in [0.25, 0.3) is 5.91 Å². The van der Waals surface area contributed by atoms with Crippen LogP contribution < -0.4 is 4.74 Å². The maximum absolute atomic E-state index is 12.8. The zero-order chi connectivity index (χ0) is 24.5. The summed E-state index contributed by atoms with van der Waals surface area (Å²) in [6.07, 6.45) is 5.47. The Kier molecular flexibility index (Phi) is 6.49. The number of para-hydroxylation sites is 1. The first-order chi connectivity index (χ1) is 16.9. The van der Waals surface area contributed by atoms with Crippen molar-refractivity contribution in [2.75, 3.05) is 6.61 Å². The molecule has 178 valence electrons. The van der Waals surface area contributed by atoms with E-state index in [1.54, 1.807) is 6.08 Å². The summed E-state index contributed by atoms with van der Waals surface area (Å²) in [6.45, 7) is 5.11. The molecule has 1 aromatic heterocycles. The molecule has 0 saturated carbocycles. The Hall–Kier alpha value is -3.36. The number of ether oxygens (including phenoxy) is 1. The smallest absolute Gasteiger partial charge is 0.283 e. The third-order valence-electron chi connectivity index (χ3n) is 5.81. The number of thioether (sulfide) groups is 1. The molecule has 0 unspecified atom stereocenters. The first-order valence-corrected chi connectivity index (χ1v) is 12.6. The fourth-order valence-corrected chi connectivity index (χ4v) is 5.15. The van der Waals surface area contributed by atoms with Crippen LogP contribution in [0.2, 0.25) is 5.02 Å². The number of nitrogens with zero attached hydrogens (tertiary/aromatic N) is 4. The van der Waals surface area contributed by atoms with Gasteiger partial charge in [-0.05, 0) is 67.4 Å². The van der Waals surface area contributed by atoms with Gasteiger partial charge in [-0.1, -0.05) is 36.7 Å². The van der Waals surface area contributed by atoms with Gasteiger partial charge >= 0.3 is 0 Å². The maximum Gasteiger partial charge on any atom is 0.283 e. The Morgan fingerprint density at radius 2 is 2.06 bits per heavy atom. The summed E-state index contributed by atoms with van der Waals surface area (Å²) in [5.41, 5.74) is 3.07. The lowest BCUT2D eigenvalue weighted by Gasteiger charge is -2.20. The Balaban J connectivity index is 1.41. The van der Waals surface area contributed by atoms with Gasteiger partial charge in [-0.15, -0.1) is 0 Å². The van der Waals surface area contributed by atoms with Gasteiger partial charge in [-0.3, -0.25) is 10.2 Å². The van der Waals surface area contributed by atoms with Crippen LogP contribution in [0.3, 0.4) is 0 Å². The summed E-state index contributed by atoms with van der Waals surface area (Å²) in [4.78, 5) is 17.0. The molecule has 1 amide bonds. The lowest BCUT2D eigenvalue weighted by molar-refractivity contribution is -0.114. The molecule has 35 heavy (non-hydrogen) atoms. The van der Waals surface area contributed by atoms with Crippen LogP contribution in [-0.4, -0.2) is 38.1 Å². The minimum atomic E-state index is -0.417. The van der Waals surface area contributed by atoms with Crippen molar-refractivity contribution in [1.29, 1.82) is 5.41 Å². The first kappa shape index (κ1) is 23.4. The summed E-state index contributed by atoms with van der Waals surface area (Å²) in [5.74, 6) is 0.406. The fourth-order valence-electron chi connectivity index (χ4n) is 4.05. The van der Waals surface area contributed by atoms with Crippen LogP contribution in [-0.2, 0) is 11.3 Å². The molecule has 2 aliphatic heterocycles. The number of aromatic nitrogens is 1. The lowest BCUT2D eigenvalue weighted by Crippen LogP contribution is -2.35. The second-order valence-corrected chi connectivity index (χ2v) is 9.77. The molecule has 1 N–H and O–H groups in total. The Morgan fingerprint density at radius 3 is 2.86 bits per heavy atom. The highest BCUT2D eigenvalue weighted by atomic mass is 35.5. The molecule has 3 heterocycles. The number of amidine groups is 2. The number of hydrogen-bond acceptors (Lipinski definition) is 5. The molecule has 2 aliphatic rings. The van der Waals surface area contributed by atoms with Gasteiger partial charge in [-0.25, -0.2) is 0 Å². The summed E-state index contributed by atoms with van der Waals surface area (Å²) < 4.78 is 8.04. The predicted octanol–water partition coefficient (Wildman–Crippen LogP) is 6.10. The largest absolute Gasteiger partial charge is 0.492 e. The zero-order valence-electron chi connectivity index (χ0n) is 19.4. The van der Waals surface area contributed by atoms with Gasteiger partial charge in [0, 0.05) is 27.7 Å². The summed E-state index contributed by atoms with van der Waals surface area (Å²) >= 11 is 7.47. The van der Waals surface area contributed by atoms with E-state index in [4.69, 9.17) is 21.7 Å². The Bertz CT molecular complexity index is 1440. The summed E-state index contributed by atoms with van der Waals surface area (Å²) in [7, 11) is 0. The molecule has 0 fully saturated rings. The number of hydrazone groups is 1. The van der Waals surface area contributed by atoms with Crippen molar-refractivity contribution in [1.82, 2.24) is 9.58 Å². The highest BCUT2D eigenvalue weighted by molar-refractivity contribution is 8.26. The second kappa shape index (κ2) is 9.71. The lowest BCUT2D eigenvalue weighted by atomic mass is 10.1. The quantitative estimate of drug-likeness (QED) is 0.393. The van der Waals surface area contributed by atoms with Crippen LogP contribution in [0.1, 0.15) is 30.9 Å². The van der Waals surface area contributed by atoms with Gasteiger partial charge in [-0.2, -0.15) is 15.1 Å². The number of hydrogen-bond donors (Lipinski definition) is 1. The fraction of sp³-hybridized carbons (Fsp3) is 0.231. The number of nitrogens with one attached hydrogen (secondary N) is 1. The molecule has 0 bridgehead atoms. The monoisotopic (exact) mass is 505 g/mol. The van der Waals surface area contributed by atoms with E-state index >= 15 is 0 Å². The summed E-state index contributed by atoms with van der Waals surface area (Å²) in [6, 6.07) is 13.6. The van der Waals surface area contributed by atoms with E-state index in [2.05, 4.69) is 21.6 Å². The second-order valence-electron chi connectivity index (χ2n) is 8.32. The van der Waals surface area contributed by atoms with Crippen molar-refractivity contribution in [3.8, 4) is 5.75 Å². The zero-order valence-corrected chi connectivity index (χ0v) is 21.0. The van der Waals surface area contributed by atoms with Gasteiger partial charge in [0.2, 0.25) is 5.17 Å². The molecule has 0 radical (unpaired) electrons. The van der Waals surface area contributed by atoms with Crippen molar-refractivity contribution >= 4 is 62.3 Å². The van der Waals surface area contributed by atoms with Crippen LogP contribution in [0.15, 0.2) is 64.3 Å². The predicted molar refractivity (Wildman–Crippen MR) is 144 cm³/mol. The first-order valence-electron chi connectivity index (χ1n) is 11.4. The molecular formula is C26H24ClN5O2S. The molecule has 0 atom stereocenters. The molecule has 3 aromatic rings. The Morgan fingerprint density at radius 1 is 1.23 bits per heavy atom. The minimum Gasteiger partial charge on any atom is -0.492 e. The van der Waals surface area contributed by atoms with Gasteiger partial charge < -0.3 is 9.30 Å². The molecule has 0 aliphatic carbocycles. The van der Waals surface area contributed by atoms with Crippen LogP contribution in [0.4, 0.5) is 0 Å². The maximum atomic E-state index is 12.8. The van der Waals surface area contributed by atoms with E-state index in [1.165, 1.54) is 16.8 Å². The highest BCUT2D eigenvalue weighted by Gasteiger charge is 2.35. The third-order valence-corrected chi connectivity index (χ3v) is 7.20. The number of benzene rings is 2. The van der Waals surface area contributed by atoms with Crippen LogP contribution in [0.25, 0.3) is 17.0 Å². The number of amides is 1. The average molecular weight is 506 g/mol. The summed E-state index contributed by atoms with van der Waals surface area (Å²) in [5, 5.41) is 17.6. The molecule has 0 spiro atoms. The van der Waals surface area contributed by atoms with Crippen LogP contribution >= 0.6 is 23.4 Å².